The third-order valence-corrected chi connectivity index (χ3v) is 3.91. The fourth-order valence-corrected chi connectivity index (χ4v) is 2.71. The van der Waals surface area contributed by atoms with Gasteiger partial charge in [-0.15, -0.1) is 13.2 Å². The number of nitrogens with zero attached hydrogens (tertiary/aromatic N) is 2. The summed E-state index contributed by atoms with van der Waals surface area (Å²) in [5.41, 5.74) is 4.21. The lowest BCUT2D eigenvalue weighted by Gasteiger charge is -2.12. The Morgan fingerprint density at radius 1 is 1.08 bits per heavy atom. The molecule has 4 nitrogen and oxygen atoms in total. The zero-order valence-corrected chi connectivity index (χ0v) is 14.0. The monoisotopic (exact) mass is 362 g/mol. The van der Waals surface area contributed by atoms with Crippen LogP contribution in [-0.4, -0.2) is 21.2 Å². The van der Waals surface area contributed by atoms with Gasteiger partial charge < -0.3 is 9.84 Å². The fourth-order valence-electron chi connectivity index (χ4n) is 2.71. The number of aromatic nitrogens is 2. The van der Waals surface area contributed by atoms with Gasteiger partial charge in [-0.25, -0.2) is 0 Å². The Bertz CT molecular complexity index is 887. The number of aliphatic hydroxyl groups is 1. The molecule has 0 fully saturated rings. The minimum atomic E-state index is -4.70. The molecular formula is C19H17F3N2O2. The van der Waals surface area contributed by atoms with Crippen molar-refractivity contribution in [2.24, 2.45) is 0 Å². The average Bonchev–Trinajstić information content (AvgIpc) is 3.02. The lowest BCUT2D eigenvalue weighted by molar-refractivity contribution is -0.274. The Balaban J connectivity index is 1.75. The predicted molar refractivity (Wildman–Crippen MR) is 90.5 cm³/mol. The number of rotatable bonds is 5. The third kappa shape index (κ3) is 4.43. The van der Waals surface area contributed by atoms with Crippen LogP contribution in [0.25, 0.3) is 11.1 Å². The van der Waals surface area contributed by atoms with E-state index in [-0.39, 0.29) is 12.4 Å². The molecule has 3 rings (SSSR count). The van der Waals surface area contributed by atoms with Crippen LogP contribution in [0.1, 0.15) is 16.7 Å². The van der Waals surface area contributed by atoms with E-state index in [4.69, 9.17) is 5.11 Å². The molecule has 0 aliphatic heterocycles. The first kappa shape index (κ1) is 18.0. The van der Waals surface area contributed by atoms with E-state index in [1.807, 2.05) is 24.3 Å². The van der Waals surface area contributed by atoms with E-state index in [1.54, 1.807) is 30.1 Å². The van der Waals surface area contributed by atoms with Gasteiger partial charge in [0.1, 0.15) is 5.75 Å². The predicted octanol–water partition coefficient (Wildman–Crippen LogP) is 4.30. The number of halogens is 3. The van der Waals surface area contributed by atoms with Crippen molar-refractivity contribution in [2.75, 3.05) is 0 Å². The number of hydrogen-bond acceptors (Lipinski definition) is 3. The fraction of sp³-hybridized carbons (Fsp3) is 0.211. The molecular weight excluding hydrogens is 345 g/mol. The molecule has 7 heteroatoms. The maximum atomic E-state index is 12.3. The summed E-state index contributed by atoms with van der Waals surface area (Å²) in [5, 5.41) is 13.2. The summed E-state index contributed by atoms with van der Waals surface area (Å²) < 4.78 is 42.6. The van der Waals surface area contributed by atoms with Crippen molar-refractivity contribution < 1.29 is 23.0 Å². The number of aryl methyl sites for hydroxylation is 1. The Morgan fingerprint density at radius 3 is 2.38 bits per heavy atom. The second-order valence-corrected chi connectivity index (χ2v) is 5.93. The third-order valence-electron chi connectivity index (χ3n) is 3.91. The lowest BCUT2D eigenvalue weighted by Crippen LogP contribution is -2.17. The molecule has 0 aliphatic rings. The van der Waals surface area contributed by atoms with Gasteiger partial charge in [-0.1, -0.05) is 30.3 Å². The maximum Gasteiger partial charge on any atom is 0.573 e. The topological polar surface area (TPSA) is 47.3 Å². The summed E-state index contributed by atoms with van der Waals surface area (Å²) in [6, 6.07) is 12.0. The number of benzene rings is 2. The van der Waals surface area contributed by atoms with Crippen LogP contribution in [0.5, 0.6) is 5.75 Å². The summed E-state index contributed by atoms with van der Waals surface area (Å²) in [6.07, 6.45) is -1.31. The van der Waals surface area contributed by atoms with Gasteiger partial charge in [0.2, 0.25) is 0 Å². The zero-order chi connectivity index (χ0) is 18.7. The van der Waals surface area contributed by atoms with Crippen molar-refractivity contribution >= 4 is 0 Å². The number of alkyl halides is 3. The Morgan fingerprint density at radius 2 is 1.81 bits per heavy atom. The van der Waals surface area contributed by atoms with Gasteiger partial charge in [-0.05, 0) is 41.3 Å². The van der Waals surface area contributed by atoms with Crippen molar-refractivity contribution in [3.05, 3.63) is 71.5 Å². The number of hydrogen-bond donors (Lipinski definition) is 1. The van der Waals surface area contributed by atoms with Crippen LogP contribution >= 0.6 is 0 Å². The molecule has 0 bridgehead atoms. The van der Waals surface area contributed by atoms with Crippen molar-refractivity contribution in [3.63, 3.8) is 0 Å². The Kier molecular flexibility index (Phi) is 4.99. The van der Waals surface area contributed by atoms with Crippen LogP contribution in [-0.2, 0) is 13.2 Å². The van der Waals surface area contributed by atoms with E-state index in [9.17, 15) is 13.2 Å². The van der Waals surface area contributed by atoms with Gasteiger partial charge in [-0.2, -0.15) is 5.10 Å². The highest BCUT2D eigenvalue weighted by Gasteiger charge is 2.31. The number of aliphatic hydroxyl groups excluding tert-OH is 1. The minimum Gasteiger partial charge on any atom is -0.406 e. The molecule has 0 amide bonds. The second kappa shape index (κ2) is 7.21. The van der Waals surface area contributed by atoms with Crippen LogP contribution in [0, 0.1) is 6.92 Å². The van der Waals surface area contributed by atoms with Crippen molar-refractivity contribution in [1.82, 2.24) is 9.78 Å². The lowest BCUT2D eigenvalue weighted by atomic mass is 9.99. The molecule has 1 N–H and O–H groups in total. The molecule has 0 spiro atoms. The summed E-state index contributed by atoms with van der Waals surface area (Å²) in [4.78, 5) is 0. The Labute approximate surface area is 148 Å². The van der Waals surface area contributed by atoms with Gasteiger partial charge in [-0.3, -0.25) is 4.68 Å². The Hall–Kier alpha value is -2.80. The quantitative estimate of drug-likeness (QED) is 0.736. The van der Waals surface area contributed by atoms with E-state index < -0.39 is 6.36 Å². The summed E-state index contributed by atoms with van der Waals surface area (Å²) in [7, 11) is 0. The molecule has 0 atom stereocenters. The van der Waals surface area contributed by atoms with E-state index in [2.05, 4.69) is 9.84 Å². The minimum absolute atomic E-state index is 0.0493. The molecule has 1 aromatic heterocycles. The molecule has 0 saturated heterocycles. The summed E-state index contributed by atoms with van der Waals surface area (Å²) in [6.45, 7) is 2.26. The van der Waals surface area contributed by atoms with E-state index >= 15 is 0 Å². The molecule has 26 heavy (non-hydrogen) atoms. The second-order valence-electron chi connectivity index (χ2n) is 5.93. The van der Waals surface area contributed by atoms with Crippen LogP contribution in [0.4, 0.5) is 13.2 Å². The van der Waals surface area contributed by atoms with Gasteiger partial charge in [0.25, 0.3) is 0 Å². The smallest absolute Gasteiger partial charge is 0.406 e. The molecule has 0 radical (unpaired) electrons. The van der Waals surface area contributed by atoms with Crippen molar-refractivity contribution in [2.45, 2.75) is 26.4 Å². The summed E-state index contributed by atoms with van der Waals surface area (Å²) >= 11 is 0. The highest BCUT2D eigenvalue weighted by atomic mass is 19.4. The molecule has 136 valence electrons. The largest absolute Gasteiger partial charge is 0.573 e. The maximum absolute atomic E-state index is 12.3. The first-order chi connectivity index (χ1) is 12.3. The van der Waals surface area contributed by atoms with Crippen molar-refractivity contribution in [1.29, 1.82) is 0 Å². The standard InChI is InChI=1S/C19H17F3N2O2/c1-13-8-17(26-19(20,21)22)6-7-18(13)16-4-2-14(3-5-16)10-24-11-15(12-25)9-23-24/h2-9,11,25H,10,12H2,1H3. The van der Waals surface area contributed by atoms with Gasteiger partial charge in [0, 0.05) is 11.8 Å². The van der Waals surface area contributed by atoms with Gasteiger partial charge in [0.15, 0.2) is 0 Å². The van der Waals surface area contributed by atoms with E-state index in [0.717, 1.165) is 22.3 Å². The SMILES string of the molecule is Cc1cc(OC(F)(F)F)ccc1-c1ccc(Cn2cc(CO)cn2)cc1. The molecule has 0 saturated carbocycles. The first-order valence-electron chi connectivity index (χ1n) is 7.92. The highest BCUT2D eigenvalue weighted by molar-refractivity contribution is 5.68. The van der Waals surface area contributed by atoms with Crippen LogP contribution in [0.15, 0.2) is 54.9 Å². The molecule has 1 heterocycles. The average molecular weight is 362 g/mol. The molecule has 0 unspecified atom stereocenters. The van der Waals surface area contributed by atoms with Crippen LogP contribution in [0.2, 0.25) is 0 Å². The van der Waals surface area contributed by atoms with Gasteiger partial charge in [0.05, 0.1) is 19.3 Å². The van der Waals surface area contributed by atoms with E-state index in [1.165, 1.54) is 12.1 Å². The highest BCUT2D eigenvalue weighted by Crippen LogP contribution is 2.30. The van der Waals surface area contributed by atoms with Crippen molar-refractivity contribution in [3.8, 4) is 16.9 Å². The first-order valence-corrected chi connectivity index (χ1v) is 7.92. The van der Waals surface area contributed by atoms with Crippen LogP contribution < -0.4 is 4.74 Å². The zero-order valence-electron chi connectivity index (χ0n) is 14.0. The number of ether oxygens (including phenoxy) is 1. The molecule has 3 aromatic rings. The van der Waals surface area contributed by atoms with Crippen LogP contribution in [0.3, 0.4) is 0 Å². The molecule has 0 aliphatic carbocycles. The summed E-state index contributed by atoms with van der Waals surface area (Å²) in [5.74, 6) is -0.228. The normalized spacial score (nSPS) is 11.6. The molecule has 2 aromatic carbocycles. The van der Waals surface area contributed by atoms with E-state index in [0.29, 0.717) is 12.1 Å². The van der Waals surface area contributed by atoms with Gasteiger partial charge >= 0.3 is 6.36 Å².